The molecule has 2 N–H and O–H groups in total. The summed E-state index contributed by atoms with van der Waals surface area (Å²) in [5.74, 6) is 0. The summed E-state index contributed by atoms with van der Waals surface area (Å²) in [4.78, 5) is 2.40. The Morgan fingerprint density at radius 3 is 2.73 bits per heavy atom. The molecule has 1 heterocycles. The maximum absolute atomic E-state index is 5.88. The van der Waals surface area contributed by atoms with Crippen LogP contribution in [0.2, 0.25) is 0 Å². The molecular weight excluding hydrogens is 188 g/mol. The summed E-state index contributed by atoms with van der Waals surface area (Å²) in [5.41, 5.74) is 9.22. The minimum Gasteiger partial charge on any atom is -0.399 e. The number of ether oxygens (including phenoxy) is 1. The van der Waals surface area contributed by atoms with Gasteiger partial charge in [0.15, 0.2) is 0 Å². The minimum absolute atomic E-state index is 0.849. The van der Waals surface area contributed by atoms with Gasteiger partial charge in [-0.25, -0.2) is 0 Å². The van der Waals surface area contributed by atoms with E-state index in [-0.39, 0.29) is 0 Å². The third-order valence-corrected chi connectivity index (χ3v) is 2.85. The summed E-state index contributed by atoms with van der Waals surface area (Å²) in [6, 6.07) is 6.32. The number of aryl methyl sites for hydroxylation is 1. The van der Waals surface area contributed by atoms with Crippen LogP contribution >= 0.6 is 0 Å². The van der Waals surface area contributed by atoms with Crippen molar-refractivity contribution in [1.82, 2.24) is 4.90 Å². The molecule has 0 amide bonds. The Morgan fingerprint density at radius 2 is 2.07 bits per heavy atom. The van der Waals surface area contributed by atoms with Crippen LogP contribution in [0.3, 0.4) is 0 Å². The topological polar surface area (TPSA) is 38.5 Å². The highest BCUT2D eigenvalue weighted by Gasteiger charge is 2.10. The van der Waals surface area contributed by atoms with Crippen molar-refractivity contribution in [2.45, 2.75) is 13.5 Å². The summed E-state index contributed by atoms with van der Waals surface area (Å²) < 4.78 is 5.31. The SMILES string of the molecule is Cc1ccc(CN2CCOCC2)cc1N. The smallest absolute Gasteiger partial charge is 0.0594 e. The highest BCUT2D eigenvalue weighted by atomic mass is 16.5. The first-order valence-electron chi connectivity index (χ1n) is 5.41. The lowest BCUT2D eigenvalue weighted by atomic mass is 10.1. The van der Waals surface area contributed by atoms with E-state index in [2.05, 4.69) is 23.1 Å². The number of hydrogen-bond donors (Lipinski definition) is 1. The lowest BCUT2D eigenvalue weighted by molar-refractivity contribution is 0.0342. The molecule has 1 fully saturated rings. The molecule has 1 aliphatic heterocycles. The van der Waals surface area contributed by atoms with Crippen LogP contribution in [-0.4, -0.2) is 31.2 Å². The third kappa shape index (κ3) is 2.70. The van der Waals surface area contributed by atoms with E-state index >= 15 is 0 Å². The van der Waals surface area contributed by atoms with Crippen LogP contribution < -0.4 is 5.73 Å². The lowest BCUT2D eigenvalue weighted by Crippen LogP contribution is -2.35. The lowest BCUT2D eigenvalue weighted by Gasteiger charge is -2.26. The second-order valence-electron chi connectivity index (χ2n) is 4.08. The summed E-state index contributed by atoms with van der Waals surface area (Å²) in [6.07, 6.45) is 0. The molecule has 0 spiro atoms. The summed E-state index contributed by atoms with van der Waals surface area (Å²) in [5, 5.41) is 0. The number of benzene rings is 1. The molecule has 0 radical (unpaired) electrons. The third-order valence-electron chi connectivity index (χ3n) is 2.85. The molecule has 1 aliphatic rings. The fourth-order valence-corrected chi connectivity index (χ4v) is 1.81. The Kier molecular flexibility index (Phi) is 3.23. The van der Waals surface area contributed by atoms with E-state index in [9.17, 15) is 0 Å². The van der Waals surface area contributed by atoms with Crippen molar-refractivity contribution in [1.29, 1.82) is 0 Å². The molecule has 82 valence electrons. The van der Waals surface area contributed by atoms with Crippen molar-refractivity contribution in [3.63, 3.8) is 0 Å². The molecule has 1 aromatic carbocycles. The number of nitrogen functional groups attached to an aromatic ring is 1. The molecule has 3 heteroatoms. The van der Waals surface area contributed by atoms with Gasteiger partial charge in [-0.3, -0.25) is 4.90 Å². The first-order valence-corrected chi connectivity index (χ1v) is 5.41. The number of anilines is 1. The molecule has 15 heavy (non-hydrogen) atoms. The standard InChI is InChI=1S/C12H18N2O/c1-10-2-3-11(8-12(10)13)9-14-4-6-15-7-5-14/h2-3,8H,4-7,9,13H2,1H3. The van der Waals surface area contributed by atoms with E-state index < -0.39 is 0 Å². The maximum atomic E-state index is 5.88. The first-order chi connectivity index (χ1) is 7.25. The van der Waals surface area contributed by atoms with E-state index in [4.69, 9.17) is 10.5 Å². The molecule has 0 saturated carbocycles. The van der Waals surface area contributed by atoms with Gasteiger partial charge < -0.3 is 10.5 Å². The molecule has 0 unspecified atom stereocenters. The van der Waals surface area contributed by atoms with Gasteiger partial charge in [-0.2, -0.15) is 0 Å². The Labute approximate surface area is 90.8 Å². The first kappa shape index (κ1) is 10.5. The molecule has 0 atom stereocenters. The Hall–Kier alpha value is -1.06. The zero-order valence-corrected chi connectivity index (χ0v) is 9.20. The van der Waals surface area contributed by atoms with E-state index in [1.807, 2.05) is 6.92 Å². The predicted octanol–water partition coefficient (Wildman–Crippen LogP) is 1.41. The van der Waals surface area contributed by atoms with Gasteiger partial charge in [0.05, 0.1) is 13.2 Å². The average Bonchev–Trinajstić information content (AvgIpc) is 2.25. The van der Waals surface area contributed by atoms with Crippen molar-refractivity contribution < 1.29 is 4.74 Å². The van der Waals surface area contributed by atoms with Gasteiger partial charge in [0, 0.05) is 25.3 Å². The van der Waals surface area contributed by atoms with Gasteiger partial charge in [-0.1, -0.05) is 12.1 Å². The van der Waals surface area contributed by atoms with E-state index in [0.717, 1.165) is 44.1 Å². The minimum atomic E-state index is 0.849. The van der Waals surface area contributed by atoms with E-state index in [1.165, 1.54) is 5.56 Å². The zero-order valence-electron chi connectivity index (χ0n) is 9.20. The number of nitrogens with zero attached hydrogens (tertiary/aromatic N) is 1. The predicted molar refractivity (Wildman–Crippen MR) is 61.7 cm³/mol. The van der Waals surface area contributed by atoms with Crippen LogP contribution in [0.25, 0.3) is 0 Å². The monoisotopic (exact) mass is 206 g/mol. The zero-order chi connectivity index (χ0) is 10.7. The molecule has 1 aromatic rings. The fourth-order valence-electron chi connectivity index (χ4n) is 1.81. The highest BCUT2D eigenvalue weighted by Crippen LogP contribution is 2.15. The van der Waals surface area contributed by atoms with Crippen LogP contribution in [0.5, 0.6) is 0 Å². The Morgan fingerprint density at radius 1 is 1.33 bits per heavy atom. The van der Waals surface area contributed by atoms with Crippen LogP contribution in [0, 0.1) is 6.92 Å². The summed E-state index contributed by atoms with van der Waals surface area (Å²) in [6.45, 7) is 6.76. The Balaban J connectivity index is 2.00. The van der Waals surface area contributed by atoms with Crippen LogP contribution in [-0.2, 0) is 11.3 Å². The van der Waals surface area contributed by atoms with Crippen LogP contribution in [0.4, 0.5) is 5.69 Å². The molecular formula is C12H18N2O. The number of hydrogen-bond acceptors (Lipinski definition) is 3. The van der Waals surface area contributed by atoms with Gasteiger partial charge in [0.2, 0.25) is 0 Å². The normalized spacial score (nSPS) is 17.9. The highest BCUT2D eigenvalue weighted by molar-refractivity contribution is 5.48. The Bertz CT molecular complexity index is 332. The van der Waals surface area contributed by atoms with Gasteiger partial charge >= 0.3 is 0 Å². The van der Waals surface area contributed by atoms with Crippen molar-refractivity contribution in [3.05, 3.63) is 29.3 Å². The summed E-state index contributed by atoms with van der Waals surface area (Å²) in [7, 11) is 0. The fraction of sp³-hybridized carbons (Fsp3) is 0.500. The number of morpholine rings is 1. The van der Waals surface area contributed by atoms with Gasteiger partial charge in [-0.15, -0.1) is 0 Å². The second-order valence-corrected chi connectivity index (χ2v) is 4.08. The number of rotatable bonds is 2. The van der Waals surface area contributed by atoms with Gasteiger partial charge in [-0.05, 0) is 24.1 Å². The summed E-state index contributed by atoms with van der Waals surface area (Å²) >= 11 is 0. The van der Waals surface area contributed by atoms with Crippen LogP contribution in [0.1, 0.15) is 11.1 Å². The average molecular weight is 206 g/mol. The van der Waals surface area contributed by atoms with E-state index in [1.54, 1.807) is 0 Å². The second kappa shape index (κ2) is 4.64. The molecule has 1 saturated heterocycles. The van der Waals surface area contributed by atoms with Crippen LogP contribution in [0.15, 0.2) is 18.2 Å². The van der Waals surface area contributed by atoms with Crippen molar-refractivity contribution in [2.75, 3.05) is 32.0 Å². The molecule has 0 aliphatic carbocycles. The van der Waals surface area contributed by atoms with Crippen molar-refractivity contribution >= 4 is 5.69 Å². The van der Waals surface area contributed by atoms with Crippen molar-refractivity contribution in [2.24, 2.45) is 0 Å². The van der Waals surface area contributed by atoms with Crippen molar-refractivity contribution in [3.8, 4) is 0 Å². The molecule has 3 nitrogen and oxygen atoms in total. The van der Waals surface area contributed by atoms with Gasteiger partial charge in [0.25, 0.3) is 0 Å². The quantitative estimate of drug-likeness (QED) is 0.744. The maximum Gasteiger partial charge on any atom is 0.0594 e. The molecule has 2 rings (SSSR count). The van der Waals surface area contributed by atoms with Gasteiger partial charge in [0.1, 0.15) is 0 Å². The number of nitrogens with two attached hydrogens (primary N) is 1. The molecule has 0 aromatic heterocycles. The van der Waals surface area contributed by atoms with E-state index in [0.29, 0.717) is 0 Å². The molecule has 0 bridgehead atoms. The largest absolute Gasteiger partial charge is 0.399 e.